The second kappa shape index (κ2) is 9.33. The van der Waals surface area contributed by atoms with Gasteiger partial charge in [0.25, 0.3) is 5.91 Å². The van der Waals surface area contributed by atoms with E-state index >= 15 is 0 Å². The van der Waals surface area contributed by atoms with Crippen molar-refractivity contribution in [1.29, 1.82) is 0 Å². The molecule has 5 heteroatoms. The van der Waals surface area contributed by atoms with E-state index in [1.54, 1.807) is 7.11 Å². The summed E-state index contributed by atoms with van der Waals surface area (Å²) >= 11 is 3.44. The predicted octanol–water partition coefficient (Wildman–Crippen LogP) is 3.89. The number of rotatable bonds is 8. The molecule has 0 aliphatic carbocycles. The number of benzene rings is 2. The van der Waals surface area contributed by atoms with E-state index in [9.17, 15) is 4.79 Å². The van der Waals surface area contributed by atoms with E-state index in [1.807, 2.05) is 49.4 Å². The van der Waals surface area contributed by atoms with Crippen molar-refractivity contribution in [2.45, 2.75) is 19.8 Å². The highest BCUT2D eigenvalue weighted by atomic mass is 79.9. The number of halogens is 1. The Balaban J connectivity index is 1.64. The molecular weight excluding hydrogens is 370 g/mol. The predicted molar refractivity (Wildman–Crippen MR) is 98.7 cm³/mol. The number of amides is 1. The minimum absolute atomic E-state index is 0.0314. The standard InChI is InChI=1S/C19H22BrNO3/c1-14-12-17(9-10-18(14)20)24-13-19(22)21-11-3-4-15-5-7-16(23-2)8-6-15/h5-10,12H,3-4,11,13H2,1-2H3,(H,21,22). The normalized spacial score (nSPS) is 10.3. The van der Waals surface area contributed by atoms with Crippen molar-refractivity contribution in [2.24, 2.45) is 0 Å². The molecule has 24 heavy (non-hydrogen) atoms. The fourth-order valence-electron chi connectivity index (χ4n) is 2.22. The van der Waals surface area contributed by atoms with Crippen LogP contribution in [0.3, 0.4) is 0 Å². The van der Waals surface area contributed by atoms with Crippen LogP contribution in [0.4, 0.5) is 0 Å². The van der Waals surface area contributed by atoms with Crippen molar-refractivity contribution < 1.29 is 14.3 Å². The van der Waals surface area contributed by atoms with Crippen LogP contribution in [0, 0.1) is 6.92 Å². The fraction of sp³-hybridized carbons (Fsp3) is 0.316. The molecule has 0 aliphatic heterocycles. The van der Waals surface area contributed by atoms with Crippen LogP contribution in [0.2, 0.25) is 0 Å². The van der Waals surface area contributed by atoms with Gasteiger partial charge in [0.05, 0.1) is 7.11 Å². The highest BCUT2D eigenvalue weighted by Crippen LogP contribution is 2.21. The Morgan fingerprint density at radius 2 is 1.83 bits per heavy atom. The highest BCUT2D eigenvalue weighted by Gasteiger charge is 2.04. The average molecular weight is 392 g/mol. The molecule has 0 aromatic heterocycles. The lowest BCUT2D eigenvalue weighted by atomic mass is 10.1. The first-order chi connectivity index (χ1) is 11.6. The molecule has 0 unspecified atom stereocenters. The van der Waals surface area contributed by atoms with Gasteiger partial charge in [-0.15, -0.1) is 0 Å². The SMILES string of the molecule is COc1ccc(CCCNC(=O)COc2ccc(Br)c(C)c2)cc1. The van der Waals surface area contributed by atoms with Gasteiger partial charge in [-0.05, 0) is 61.2 Å². The molecule has 0 fully saturated rings. The molecular formula is C19H22BrNO3. The zero-order chi connectivity index (χ0) is 17.4. The lowest BCUT2D eigenvalue weighted by molar-refractivity contribution is -0.123. The monoisotopic (exact) mass is 391 g/mol. The summed E-state index contributed by atoms with van der Waals surface area (Å²) in [7, 11) is 1.65. The molecule has 2 aromatic carbocycles. The quantitative estimate of drug-likeness (QED) is 0.694. The van der Waals surface area contributed by atoms with Crippen LogP contribution in [0.15, 0.2) is 46.9 Å². The maximum Gasteiger partial charge on any atom is 0.257 e. The molecule has 1 amide bonds. The summed E-state index contributed by atoms with van der Waals surface area (Å²) in [6.45, 7) is 2.65. The third kappa shape index (κ3) is 5.89. The topological polar surface area (TPSA) is 47.6 Å². The van der Waals surface area contributed by atoms with Gasteiger partial charge >= 0.3 is 0 Å². The second-order valence-electron chi connectivity index (χ2n) is 5.50. The van der Waals surface area contributed by atoms with E-state index in [0.717, 1.165) is 28.6 Å². The van der Waals surface area contributed by atoms with Crippen LogP contribution in [0.5, 0.6) is 11.5 Å². The zero-order valence-electron chi connectivity index (χ0n) is 14.0. The minimum atomic E-state index is -0.106. The maximum atomic E-state index is 11.8. The van der Waals surface area contributed by atoms with Gasteiger partial charge in [-0.3, -0.25) is 4.79 Å². The summed E-state index contributed by atoms with van der Waals surface area (Å²) in [5, 5.41) is 2.87. The molecule has 4 nitrogen and oxygen atoms in total. The molecule has 128 valence electrons. The van der Waals surface area contributed by atoms with E-state index in [0.29, 0.717) is 12.3 Å². The summed E-state index contributed by atoms with van der Waals surface area (Å²) in [6, 6.07) is 13.6. The first kappa shape index (κ1) is 18.3. The molecule has 0 saturated heterocycles. The molecule has 0 heterocycles. The fourth-order valence-corrected chi connectivity index (χ4v) is 2.47. The van der Waals surface area contributed by atoms with Gasteiger partial charge in [-0.1, -0.05) is 28.1 Å². The second-order valence-corrected chi connectivity index (χ2v) is 6.36. The van der Waals surface area contributed by atoms with Gasteiger partial charge in [-0.25, -0.2) is 0 Å². The molecule has 0 saturated carbocycles. The zero-order valence-corrected chi connectivity index (χ0v) is 15.6. The number of carbonyl (C=O) groups is 1. The Bertz CT molecular complexity index is 671. The van der Waals surface area contributed by atoms with E-state index < -0.39 is 0 Å². The van der Waals surface area contributed by atoms with Crippen molar-refractivity contribution in [2.75, 3.05) is 20.3 Å². The van der Waals surface area contributed by atoms with Gasteiger partial charge in [0.2, 0.25) is 0 Å². The number of hydrogen-bond acceptors (Lipinski definition) is 3. The number of nitrogens with one attached hydrogen (secondary N) is 1. The maximum absolute atomic E-state index is 11.8. The third-order valence-corrected chi connectivity index (χ3v) is 4.51. The van der Waals surface area contributed by atoms with E-state index in [2.05, 4.69) is 21.2 Å². The number of hydrogen-bond donors (Lipinski definition) is 1. The van der Waals surface area contributed by atoms with Crippen molar-refractivity contribution in [3.63, 3.8) is 0 Å². The molecule has 1 N–H and O–H groups in total. The van der Waals surface area contributed by atoms with Crippen molar-refractivity contribution >= 4 is 21.8 Å². The molecule has 0 radical (unpaired) electrons. The Hall–Kier alpha value is -2.01. The Kier molecular flexibility index (Phi) is 7.12. The molecule has 0 spiro atoms. The van der Waals surface area contributed by atoms with Gasteiger partial charge < -0.3 is 14.8 Å². The molecule has 0 aliphatic rings. The van der Waals surface area contributed by atoms with Crippen molar-refractivity contribution in [3.8, 4) is 11.5 Å². The van der Waals surface area contributed by atoms with Crippen LogP contribution >= 0.6 is 15.9 Å². The minimum Gasteiger partial charge on any atom is -0.497 e. The number of carbonyl (C=O) groups excluding carboxylic acids is 1. The number of aryl methyl sites for hydroxylation is 2. The van der Waals surface area contributed by atoms with Crippen LogP contribution < -0.4 is 14.8 Å². The van der Waals surface area contributed by atoms with Gasteiger partial charge in [0, 0.05) is 11.0 Å². The van der Waals surface area contributed by atoms with Gasteiger partial charge in [0.15, 0.2) is 6.61 Å². The lowest BCUT2D eigenvalue weighted by Gasteiger charge is -2.09. The van der Waals surface area contributed by atoms with E-state index in [4.69, 9.17) is 9.47 Å². The molecule has 0 bridgehead atoms. The van der Waals surface area contributed by atoms with Crippen LogP contribution in [0.25, 0.3) is 0 Å². The van der Waals surface area contributed by atoms with Crippen LogP contribution in [0.1, 0.15) is 17.5 Å². The molecule has 0 atom stereocenters. The third-order valence-electron chi connectivity index (χ3n) is 3.62. The van der Waals surface area contributed by atoms with Crippen LogP contribution in [-0.2, 0) is 11.2 Å². The highest BCUT2D eigenvalue weighted by molar-refractivity contribution is 9.10. The van der Waals surface area contributed by atoms with Crippen molar-refractivity contribution in [3.05, 3.63) is 58.1 Å². The average Bonchev–Trinajstić information content (AvgIpc) is 2.60. The van der Waals surface area contributed by atoms with Crippen LogP contribution in [-0.4, -0.2) is 26.2 Å². The number of ether oxygens (including phenoxy) is 2. The van der Waals surface area contributed by atoms with Gasteiger partial charge in [-0.2, -0.15) is 0 Å². The summed E-state index contributed by atoms with van der Waals surface area (Å²) in [6.07, 6.45) is 1.80. The Morgan fingerprint density at radius 3 is 2.50 bits per heavy atom. The van der Waals surface area contributed by atoms with Crippen molar-refractivity contribution in [1.82, 2.24) is 5.32 Å². The Labute approximate surface area is 151 Å². The first-order valence-electron chi connectivity index (χ1n) is 7.87. The van der Waals surface area contributed by atoms with E-state index in [-0.39, 0.29) is 12.5 Å². The summed E-state index contributed by atoms with van der Waals surface area (Å²) in [5.41, 5.74) is 2.30. The summed E-state index contributed by atoms with van der Waals surface area (Å²) < 4.78 is 11.7. The largest absolute Gasteiger partial charge is 0.497 e. The molecule has 2 aromatic rings. The van der Waals surface area contributed by atoms with E-state index in [1.165, 1.54) is 5.56 Å². The van der Waals surface area contributed by atoms with Gasteiger partial charge in [0.1, 0.15) is 11.5 Å². The summed E-state index contributed by atoms with van der Waals surface area (Å²) in [4.78, 5) is 11.8. The Morgan fingerprint density at radius 1 is 1.12 bits per heavy atom. The smallest absolute Gasteiger partial charge is 0.257 e. The summed E-state index contributed by atoms with van der Waals surface area (Å²) in [5.74, 6) is 1.45. The first-order valence-corrected chi connectivity index (χ1v) is 8.66. The lowest BCUT2D eigenvalue weighted by Crippen LogP contribution is -2.29. The number of methoxy groups -OCH3 is 1. The molecule has 2 rings (SSSR count).